The minimum Gasteiger partial charge on any atom is -0.466 e. The molecule has 0 heterocycles. The Bertz CT molecular complexity index is 664. The van der Waals surface area contributed by atoms with Crippen molar-refractivity contribution in [3.05, 3.63) is 54.6 Å². The summed E-state index contributed by atoms with van der Waals surface area (Å²) in [5.41, 5.74) is 1.89. The molecule has 2 rings (SSSR count). The smallest absolute Gasteiger partial charge is 0.311 e. The molecule has 0 bridgehead atoms. The SMILES string of the molecule is CCOC(=O)CCCCC(=O)Oc1ccccc1-c1ccccc1. The highest BCUT2D eigenvalue weighted by atomic mass is 16.5. The van der Waals surface area contributed by atoms with Gasteiger partial charge in [0.15, 0.2) is 0 Å². The van der Waals surface area contributed by atoms with E-state index in [0.29, 0.717) is 31.6 Å². The lowest BCUT2D eigenvalue weighted by atomic mass is 10.0. The van der Waals surface area contributed by atoms with Crippen molar-refractivity contribution in [3.8, 4) is 16.9 Å². The molecule has 4 nitrogen and oxygen atoms in total. The van der Waals surface area contributed by atoms with Gasteiger partial charge in [-0.25, -0.2) is 0 Å². The molecule has 0 spiro atoms. The van der Waals surface area contributed by atoms with Crippen molar-refractivity contribution < 1.29 is 19.1 Å². The summed E-state index contributed by atoms with van der Waals surface area (Å²) in [5, 5.41) is 0. The predicted molar refractivity (Wildman–Crippen MR) is 92.6 cm³/mol. The van der Waals surface area contributed by atoms with Crippen molar-refractivity contribution in [3.63, 3.8) is 0 Å². The Hall–Kier alpha value is -2.62. The molecule has 2 aromatic carbocycles. The normalized spacial score (nSPS) is 10.2. The number of unbranched alkanes of at least 4 members (excludes halogenated alkanes) is 1. The molecule has 0 fully saturated rings. The Morgan fingerprint density at radius 1 is 0.833 bits per heavy atom. The number of benzene rings is 2. The summed E-state index contributed by atoms with van der Waals surface area (Å²) in [7, 11) is 0. The minimum absolute atomic E-state index is 0.222. The summed E-state index contributed by atoms with van der Waals surface area (Å²) in [6.45, 7) is 2.16. The molecule has 0 unspecified atom stereocenters. The van der Waals surface area contributed by atoms with E-state index in [0.717, 1.165) is 11.1 Å². The van der Waals surface area contributed by atoms with Crippen molar-refractivity contribution >= 4 is 11.9 Å². The van der Waals surface area contributed by atoms with Crippen molar-refractivity contribution in [2.45, 2.75) is 32.6 Å². The number of hydrogen-bond acceptors (Lipinski definition) is 4. The summed E-state index contributed by atoms with van der Waals surface area (Å²) < 4.78 is 10.4. The molecule has 0 radical (unpaired) electrons. The fourth-order valence-corrected chi connectivity index (χ4v) is 2.36. The van der Waals surface area contributed by atoms with Gasteiger partial charge in [-0.05, 0) is 31.4 Å². The maximum Gasteiger partial charge on any atom is 0.311 e. The molecule has 0 aliphatic carbocycles. The topological polar surface area (TPSA) is 52.6 Å². The molecule has 0 aromatic heterocycles. The van der Waals surface area contributed by atoms with Crippen LogP contribution in [-0.4, -0.2) is 18.5 Å². The van der Waals surface area contributed by atoms with Crippen LogP contribution in [0.25, 0.3) is 11.1 Å². The molecule has 126 valence electrons. The maximum absolute atomic E-state index is 12.0. The summed E-state index contributed by atoms with van der Waals surface area (Å²) in [6, 6.07) is 17.3. The van der Waals surface area contributed by atoms with Crippen LogP contribution in [0.4, 0.5) is 0 Å². The lowest BCUT2D eigenvalue weighted by molar-refractivity contribution is -0.143. The molecule has 0 atom stereocenters. The largest absolute Gasteiger partial charge is 0.466 e. The molecule has 0 aliphatic heterocycles. The van der Waals surface area contributed by atoms with Crippen LogP contribution in [0.15, 0.2) is 54.6 Å². The zero-order valence-corrected chi connectivity index (χ0v) is 13.9. The van der Waals surface area contributed by atoms with E-state index in [1.807, 2.05) is 48.5 Å². The number of esters is 2. The summed E-state index contributed by atoms with van der Waals surface area (Å²) in [6.07, 6.45) is 1.84. The number of rotatable bonds is 8. The third-order valence-electron chi connectivity index (χ3n) is 3.51. The molecule has 0 saturated heterocycles. The Labute approximate surface area is 142 Å². The molecular formula is C20H22O4. The quantitative estimate of drug-likeness (QED) is 0.410. The van der Waals surface area contributed by atoms with E-state index in [4.69, 9.17) is 9.47 Å². The molecule has 4 heteroatoms. The van der Waals surface area contributed by atoms with Crippen LogP contribution in [0.2, 0.25) is 0 Å². The van der Waals surface area contributed by atoms with Gasteiger partial charge in [0, 0.05) is 18.4 Å². The number of carbonyl (C=O) groups excluding carboxylic acids is 2. The number of hydrogen-bond donors (Lipinski definition) is 0. The van der Waals surface area contributed by atoms with E-state index in [9.17, 15) is 9.59 Å². The molecule has 0 aliphatic rings. The predicted octanol–water partition coefficient (Wildman–Crippen LogP) is 4.38. The van der Waals surface area contributed by atoms with Crippen molar-refractivity contribution in [1.29, 1.82) is 0 Å². The Morgan fingerprint density at radius 2 is 1.46 bits per heavy atom. The average molecular weight is 326 g/mol. The van der Waals surface area contributed by atoms with Gasteiger partial charge in [0.2, 0.25) is 0 Å². The van der Waals surface area contributed by atoms with Gasteiger partial charge < -0.3 is 9.47 Å². The first kappa shape index (κ1) is 17.7. The van der Waals surface area contributed by atoms with Crippen molar-refractivity contribution in [1.82, 2.24) is 0 Å². The molecule has 0 saturated carbocycles. The zero-order valence-electron chi connectivity index (χ0n) is 13.9. The second kappa shape index (κ2) is 9.50. The molecule has 0 amide bonds. The first-order chi connectivity index (χ1) is 11.7. The maximum atomic E-state index is 12.0. The molecule has 0 N–H and O–H groups in total. The van der Waals surface area contributed by atoms with E-state index < -0.39 is 0 Å². The minimum atomic E-state index is -0.290. The second-order valence-electron chi connectivity index (χ2n) is 5.35. The highest BCUT2D eigenvalue weighted by molar-refractivity contribution is 5.78. The standard InChI is InChI=1S/C20H22O4/c1-2-23-19(21)14-8-9-15-20(22)24-18-13-7-6-12-17(18)16-10-4-3-5-11-16/h3-7,10-13H,2,8-9,14-15H2,1H3. The van der Waals surface area contributed by atoms with Gasteiger partial charge >= 0.3 is 11.9 Å². The van der Waals surface area contributed by atoms with Crippen LogP contribution < -0.4 is 4.74 Å². The second-order valence-corrected chi connectivity index (χ2v) is 5.35. The van der Waals surface area contributed by atoms with E-state index >= 15 is 0 Å². The van der Waals surface area contributed by atoms with Gasteiger partial charge in [0.25, 0.3) is 0 Å². The fraction of sp³-hybridized carbons (Fsp3) is 0.300. The third kappa shape index (κ3) is 5.54. The van der Waals surface area contributed by atoms with Crippen LogP contribution in [-0.2, 0) is 14.3 Å². The fourth-order valence-electron chi connectivity index (χ4n) is 2.36. The van der Waals surface area contributed by atoms with Gasteiger partial charge in [-0.2, -0.15) is 0 Å². The van der Waals surface area contributed by atoms with Crippen molar-refractivity contribution in [2.24, 2.45) is 0 Å². The Kier molecular flexibility index (Phi) is 7.02. The van der Waals surface area contributed by atoms with Gasteiger partial charge in [-0.15, -0.1) is 0 Å². The monoisotopic (exact) mass is 326 g/mol. The van der Waals surface area contributed by atoms with Gasteiger partial charge in [-0.1, -0.05) is 48.5 Å². The number of carbonyl (C=O) groups is 2. The summed E-state index contributed by atoms with van der Waals surface area (Å²) in [5.74, 6) is 0.0432. The number of para-hydroxylation sites is 1. The lowest BCUT2D eigenvalue weighted by Gasteiger charge is -2.10. The van der Waals surface area contributed by atoms with Crippen LogP contribution in [0.3, 0.4) is 0 Å². The lowest BCUT2D eigenvalue weighted by Crippen LogP contribution is -2.09. The van der Waals surface area contributed by atoms with Crippen LogP contribution in [0, 0.1) is 0 Å². The molecular weight excluding hydrogens is 304 g/mol. The highest BCUT2D eigenvalue weighted by Crippen LogP contribution is 2.29. The van der Waals surface area contributed by atoms with Crippen LogP contribution in [0.5, 0.6) is 5.75 Å². The van der Waals surface area contributed by atoms with Crippen molar-refractivity contribution in [2.75, 3.05) is 6.61 Å². The first-order valence-electron chi connectivity index (χ1n) is 8.21. The average Bonchev–Trinajstić information content (AvgIpc) is 2.60. The third-order valence-corrected chi connectivity index (χ3v) is 3.51. The van der Waals surface area contributed by atoms with E-state index in [2.05, 4.69) is 0 Å². The Balaban J connectivity index is 1.87. The summed E-state index contributed by atoms with van der Waals surface area (Å²) >= 11 is 0. The zero-order chi connectivity index (χ0) is 17.2. The van der Waals surface area contributed by atoms with E-state index in [1.165, 1.54) is 0 Å². The Morgan fingerprint density at radius 3 is 2.17 bits per heavy atom. The highest BCUT2D eigenvalue weighted by Gasteiger charge is 2.11. The molecule has 24 heavy (non-hydrogen) atoms. The van der Waals surface area contributed by atoms with Gasteiger partial charge in [-0.3, -0.25) is 9.59 Å². The van der Waals surface area contributed by atoms with Gasteiger partial charge in [0.05, 0.1) is 6.61 Å². The van der Waals surface area contributed by atoms with E-state index in [-0.39, 0.29) is 18.4 Å². The first-order valence-corrected chi connectivity index (χ1v) is 8.21. The summed E-state index contributed by atoms with van der Waals surface area (Å²) in [4.78, 5) is 23.3. The van der Waals surface area contributed by atoms with E-state index in [1.54, 1.807) is 13.0 Å². The van der Waals surface area contributed by atoms with Gasteiger partial charge in [0.1, 0.15) is 5.75 Å². The molecule has 2 aromatic rings. The van der Waals surface area contributed by atoms with Crippen LogP contribution >= 0.6 is 0 Å². The number of ether oxygens (including phenoxy) is 2. The van der Waals surface area contributed by atoms with Crippen LogP contribution in [0.1, 0.15) is 32.6 Å².